The molecule has 1 aliphatic heterocycles. The number of nitrogens with one attached hydrogen (secondary N) is 2. The van der Waals surface area contributed by atoms with E-state index in [1.54, 1.807) is 19.0 Å². The number of hydrogen-bond donors (Lipinski definition) is 2. The fourth-order valence-electron chi connectivity index (χ4n) is 4.20. The van der Waals surface area contributed by atoms with Crippen molar-refractivity contribution >= 4 is 35.8 Å². The number of benzene rings is 2. The van der Waals surface area contributed by atoms with Gasteiger partial charge in [0.1, 0.15) is 0 Å². The fraction of sp³-hybridized carbons (Fsp3) is 0.462. The van der Waals surface area contributed by atoms with Crippen LogP contribution in [0.3, 0.4) is 0 Å². The number of amides is 1. The summed E-state index contributed by atoms with van der Waals surface area (Å²) in [6, 6.07) is 19.5. The van der Waals surface area contributed by atoms with Gasteiger partial charge < -0.3 is 15.5 Å². The van der Waals surface area contributed by atoms with Gasteiger partial charge in [0.25, 0.3) is 5.91 Å². The van der Waals surface area contributed by atoms with Gasteiger partial charge in [-0.3, -0.25) is 14.7 Å². The van der Waals surface area contributed by atoms with Crippen LogP contribution in [0.1, 0.15) is 47.3 Å². The summed E-state index contributed by atoms with van der Waals surface area (Å²) in [5.41, 5.74) is 3.25. The summed E-state index contributed by atoms with van der Waals surface area (Å²) in [5.74, 6) is 0.880. The van der Waals surface area contributed by atoms with Crippen LogP contribution in [0.4, 0.5) is 0 Å². The molecule has 1 atom stereocenters. The summed E-state index contributed by atoms with van der Waals surface area (Å²) in [6.07, 6.45) is 3.04. The topological polar surface area (TPSA) is 60.0 Å². The van der Waals surface area contributed by atoms with Crippen molar-refractivity contribution in [3.63, 3.8) is 0 Å². The van der Waals surface area contributed by atoms with E-state index in [9.17, 15) is 4.79 Å². The number of likely N-dealkylation sites (tertiary alicyclic amines) is 1. The first-order valence-corrected chi connectivity index (χ1v) is 11.5. The van der Waals surface area contributed by atoms with E-state index in [2.05, 4.69) is 63.8 Å². The molecule has 3 rings (SSSR count). The molecule has 0 bridgehead atoms. The summed E-state index contributed by atoms with van der Waals surface area (Å²) < 4.78 is 0. The van der Waals surface area contributed by atoms with Gasteiger partial charge in [0.2, 0.25) is 0 Å². The van der Waals surface area contributed by atoms with Crippen molar-refractivity contribution < 1.29 is 4.79 Å². The van der Waals surface area contributed by atoms with E-state index in [4.69, 9.17) is 0 Å². The van der Waals surface area contributed by atoms with E-state index >= 15 is 0 Å². The second-order valence-corrected chi connectivity index (χ2v) is 8.69. The summed E-state index contributed by atoms with van der Waals surface area (Å²) in [6.45, 7) is 5.22. The lowest BCUT2D eigenvalue weighted by molar-refractivity contribution is 0.0827. The van der Waals surface area contributed by atoms with Crippen molar-refractivity contribution in [2.45, 2.75) is 38.3 Å². The van der Waals surface area contributed by atoms with E-state index in [1.807, 2.05) is 25.2 Å². The van der Waals surface area contributed by atoms with Crippen LogP contribution in [0.15, 0.2) is 59.6 Å². The quantitative estimate of drug-likeness (QED) is 0.305. The molecule has 6 nitrogen and oxygen atoms in total. The number of aliphatic imine (C=N–C) groups is 1. The highest BCUT2D eigenvalue weighted by molar-refractivity contribution is 14.0. The highest BCUT2D eigenvalue weighted by Crippen LogP contribution is 2.23. The van der Waals surface area contributed by atoms with Gasteiger partial charge in [0, 0.05) is 58.4 Å². The van der Waals surface area contributed by atoms with Crippen LogP contribution >= 0.6 is 24.0 Å². The summed E-state index contributed by atoms with van der Waals surface area (Å²) >= 11 is 0. The molecular weight excluding hydrogens is 525 g/mol. The lowest BCUT2D eigenvalue weighted by atomic mass is 10.0. The minimum atomic E-state index is 0. The lowest BCUT2D eigenvalue weighted by Crippen LogP contribution is -2.49. The van der Waals surface area contributed by atoms with E-state index in [-0.39, 0.29) is 29.9 Å². The molecule has 0 aliphatic carbocycles. The van der Waals surface area contributed by atoms with Crippen LogP contribution in [0, 0.1) is 0 Å². The molecule has 0 aromatic heterocycles. The third kappa shape index (κ3) is 7.99. The zero-order valence-corrected chi connectivity index (χ0v) is 22.6. The van der Waals surface area contributed by atoms with Crippen LogP contribution in [0.25, 0.3) is 0 Å². The highest BCUT2D eigenvalue weighted by atomic mass is 127. The van der Waals surface area contributed by atoms with Gasteiger partial charge in [-0.25, -0.2) is 0 Å². The predicted octanol–water partition coefficient (Wildman–Crippen LogP) is 3.94. The summed E-state index contributed by atoms with van der Waals surface area (Å²) in [5, 5.41) is 7.01. The molecule has 0 radical (unpaired) electrons. The maximum Gasteiger partial charge on any atom is 0.253 e. The maximum atomic E-state index is 12.2. The molecule has 0 saturated carbocycles. The molecule has 7 heteroatoms. The van der Waals surface area contributed by atoms with Gasteiger partial charge in [-0.2, -0.15) is 0 Å². The molecule has 2 aromatic rings. The Labute approximate surface area is 215 Å². The van der Waals surface area contributed by atoms with Gasteiger partial charge in [-0.1, -0.05) is 42.5 Å². The Balaban J connectivity index is 0.00000385. The molecule has 180 valence electrons. The molecule has 1 unspecified atom stereocenters. The molecule has 2 aromatic carbocycles. The van der Waals surface area contributed by atoms with E-state index in [1.165, 1.54) is 5.56 Å². The van der Waals surface area contributed by atoms with Crippen molar-refractivity contribution in [1.29, 1.82) is 0 Å². The monoisotopic (exact) mass is 563 g/mol. The second kappa shape index (κ2) is 13.5. The van der Waals surface area contributed by atoms with Crippen LogP contribution < -0.4 is 10.6 Å². The van der Waals surface area contributed by atoms with E-state index in [0.29, 0.717) is 12.1 Å². The Morgan fingerprint density at radius 1 is 1.12 bits per heavy atom. The Morgan fingerprint density at radius 2 is 1.82 bits per heavy atom. The Morgan fingerprint density at radius 3 is 2.45 bits per heavy atom. The number of halogens is 1. The zero-order chi connectivity index (χ0) is 22.9. The first kappa shape index (κ1) is 27.1. The Kier molecular flexibility index (Phi) is 11.1. The Bertz CT molecular complexity index is 895. The van der Waals surface area contributed by atoms with Crippen molar-refractivity contribution in [3.8, 4) is 0 Å². The van der Waals surface area contributed by atoms with Gasteiger partial charge in [0.05, 0.1) is 0 Å². The molecule has 1 heterocycles. The second-order valence-electron chi connectivity index (χ2n) is 8.69. The number of guanidine groups is 1. The van der Waals surface area contributed by atoms with E-state index < -0.39 is 0 Å². The largest absolute Gasteiger partial charge is 0.356 e. The molecule has 1 saturated heterocycles. The average Bonchev–Trinajstić information content (AvgIpc) is 2.83. The zero-order valence-electron chi connectivity index (χ0n) is 20.3. The minimum Gasteiger partial charge on any atom is -0.356 e. The maximum absolute atomic E-state index is 12.2. The lowest BCUT2D eigenvalue weighted by Gasteiger charge is -2.37. The SMILES string of the molecule is CN=C(NCCc1cccc(C(=O)N(C)C)c1)NC1CCN(C(C)c2ccccc2)CC1.I. The van der Waals surface area contributed by atoms with E-state index in [0.717, 1.165) is 56.0 Å². The van der Waals surface area contributed by atoms with Gasteiger partial charge >= 0.3 is 0 Å². The first-order valence-electron chi connectivity index (χ1n) is 11.5. The fourth-order valence-corrected chi connectivity index (χ4v) is 4.20. The molecule has 1 fully saturated rings. The molecule has 2 N–H and O–H groups in total. The number of hydrogen-bond acceptors (Lipinski definition) is 3. The number of rotatable bonds is 7. The van der Waals surface area contributed by atoms with Crippen LogP contribution in [0.5, 0.6) is 0 Å². The number of piperidine rings is 1. The highest BCUT2D eigenvalue weighted by Gasteiger charge is 2.24. The minimum absolute atomic E-state index is 0. The molecule has 0 spiro atoms. The van der Waals surface area contributed by atoms with Crippen molar-refractivity contribution in [2.24, 2.45) is 4.99 Å². The normalized spacial score (nSPS) is 15.9. The number of carbonyl (C=O) groups excluding carboxylic acids is 1. The average molecular weight is 564 g/mol. The summed E-state index contributed by atoms with van der Waals surface area (Å²) in [7, 11) is 5.37. The smallest absolute Gasteiger partial charge is 0.253 e. The molecule has 1 amide bonds. The molecule has 1 aliphatic rings. The third-order valence-corrected chi connectivity index (χ3v) is 6.21. The number of carbonyl (C=O) groups is 1. The standard InChI is InChI=1S/C26H37N5O.HI/c1-20(22-10-6-5-7-11-22)31-17-14-24(15-18-31)29-26(27-2)28-16-13-21-9-8-12-23(19-21)25(32)30(3)4;/h5-12,19-20,24H,13-18H2,1-4H3,(H2,27,28,29);1H. The third-order valence-electron chi connectivity index (χ3n) is 6.21. The first-order chi connectivity index (χ1) is 15.5. The molecular formula is C26H38IN5O. The Hall–Kier alpha value is -2.13. The summed E-state index contributed by atoms with van der Waals surface area (Å²) in [4.78, 5) is 20.7. The van der Waals surface area contributed by atoms with Gasteiger partial charge in [-0.05, 0) is 49.4 Å². The van der Waals surface area contributed by atoms with Gasteiger partial charge in [0.15, 0.2) is 5.96 Å². The van der Waals surface area contributed by atoms with Crippen molar-refractivity contribution in [1.82, 2.24) is 20.4 Å². The van der Waals surface area contributed by atoms with Gasteiger partial charge in [-0.15, -0.1) is 24.0 Å². The van der Waals surface area contributed by atoms with Crippen LogP contribution in [0.2, 0.25) is 0 Å². The number of nitrogens with zero attached hydrogens (tertiary/aromatic N) is 3. The van der Waals surface area contributed by atoms with Crippen LogP contribution in [-0.4, -0.2) is 68.5 Å². The molecule has 33 heavy (non-hydrogen) atoms. The predicted molar refractivity (Wildman–Crippen MR) is 148 cm³/mol. The van der Waals surface area contributed by atoms with Crippen molar-refractivity contribution in [2.75, 3.05) is 40.8 Å². The van der Waals surface area contributed by atoms with Crippen molar-refractivity contribution in [3.05, 3.63) is 71.3 Å². The van der Waals surface area contributed by atoms with Crippen LogP contribution in [-0.2, 0) is 6.42 Å².